The standard InChI is InChI=1S/C26H32N2O/c1-17-8-5-6-9-22(17)23-10-7-11-24(19(23)3)28(27)20(4)26(14-15-26)21-13-12-18(2)25(29)16-21/h5,8,11-13,16,29H,4,6-7,9-10,14-15,27H2,1-3H3. The van der Waals surface area contributed by atoms with E-state index in [1.54, 1.807) is 0 Å². The van der Waals surface area contributed by atoms with Gasteiger partial charge < -0.3 is 5.11 Å². The van der Waals surface area contributed by atoms with Gasteiger partial charge in [0.1, 0.15) is 5.75 Å². The van der Waals surface area contributed by atoms with Crippen LogP contribution in [0.25, 0.3) is 0 Å². The van der Waals surface area contributed by atoms with E-state index >= 15 is 0 Å². The van der Waals surface area contributed by atoms with Crippen molar-refractivity contribution in [3.8, 4) is 5.75 Å². The second-order valence-corrected chi connectivity index (χ2v) is 8.73. The quantitative estimate of drug-likeness (QED) is 0.474. The number of benzene rings is 1. The summed E-state index contributed by atoms with van der Waals surface area (Å²) in [7, 11) is 0. The van der Waals surface area contributed by atoms with Crippen LogP contribution < -0.4 is 5.84 Å². The van der Waals surface area contributed by atoms with Crippen LogP contribution in [0.15, 0.2) is 76.7 Å². The van der Waals surface area contributed by atoms with Crippen LogP contribution in [-0.4, -0.2) is 10.1 Å². The minimum atomic E-state index is -0.165. The summed E-state index contributed by atoms with van der Waals surface area (Å²) in [6.07, 6.45) is 13.1. The summed E-state index contributed by atoms with van der Waals surface area (Å²) in [5, 5.41) is 12.0. The van der Waals surface area contributed by atoms with Crippen LogP contribution in [0, 0.1) is 6.92 Å². The van der Waals surface area contributed by atoms with E-state index in [1.807, 2.05) is 24.1 Å². The lowest BCUT2D eigenvalue weighted by Gasteiger charge is -2.34. The number of aromatic hydroxyl groups is 1. The molecule has 3 heteroatoms. The number of nitrogens with two attached hydrogens (primary N) is 1. The Morgan fingerprint density at radius 3 is 2.48 bits per heavy atom. The number of nitrogens with zero attached hydrogens (tertiary/aromatic N) is 1. The van der Waals surface area contributed by atoms with E-state index in [9.17, 15) is 5.11 Å². The molecule has 0 unspecified atom stereocenters. The lowest BCUT2D eigenvalue weighted by Crippen LogP contribution is -2.36. The van der Waals surface area contributed by atoms with Gasteiger partial charge in [0, 0.05) is 11.1 Å². The van der Waals surface area contributed by atoms with Gasteiger partial charge in [-0.15, -0.1) is 0 Å². The number of hydrazine groups is 1. The van der Waals surface area contributed by atoms with Gasteiger partial charge in [0.2, 0.25) is 0 Å². The number of phenolic OH excluding ortho intramolecular Hbond substituents is 1. The fraction of sp³-hybridized carbons (Fsp3) is 0.385. The molecule has 1 aromatic rings. The van der Waals surface area contributed by atoms with Crippen LogP contribution in [0.5, 0.6) is 5.75 Å². The van der Waals surface area contributed by atoms with Gasteiger partial charge in [-0.05, 0) is 98.8 Å². The Labute approximate surface area is 174 Å². The summed E-state index contributed by atoms with van der Waals surface area (Å²) >= 11 is 0. The Morgan fingerprint density at radius 1 is 1.10 bits per heavy atom. The lowest BCUT2D eigenvalue weighted by atomic mass is 9.83. The SMILES string of the molecule is C=C(N(N)C1=CCCC(C2=C(C)C=CCC2)=C1C)C1(c2ccc(C)c(O)c2)CC1. The topological polar surface area (TPSA) is 49.5 Å². The number of hydrogen-bond donors (Lipinski definition) is 2. The van der Waals surface area contributed by atoms with E-state index in [2.05, 4.69) is 44.7 Å². The van der Waals surface area contributed by atoms with Crippen molar-refractivity contribution in [2.24, 2.45) is 5.84 Å². The number of hydrogen-bond acceptors (Lipinski definition) is 3. The van der Waals surface area contributed by atoms with Gasteiger partial charge >= 0.3 is 0 Å². The maximum absolute atomic E-state index is 10.2. The monoisotopic (exact) mass is 388 g/mol. The fourth-order valence-corrected chi connectivity index (χ4v) is 4.83. The molecule has 4 rings (SSSR count). The highest BCUT2D eigenvalue weighted by Crippen LogP contribution is 2.55. The predicted molar refractivity (Wildman–Crippen MR) is 120 cm³/mol. The van der Waals surface area contributed by atoms with Gasteiger partial charge in [0.05, 0.1) is 5.70 Å². The van der Waals surface area contributed by atoms with Crippen LogP contribution in [0.4, 0.5) is 0 Å². The second-order valence-electron chi connectivity index (χ2n) is 8.73. The third-order valence-electron chi connectivity index (χ3n) is 6.95. The molecular weight excluding hydrogens is 356 g/mol. The average Bonchev–Trinajstić information content (AvgIpc) is 3.52. The van der Waals surface area contributed by atoms with Crippen LogP contribution in [-0.2, 0) is 5.41 Å². The van der Waals surface area contributed by atoms with Crippen molar-refractivity contribution in [1.29, 1.82) is 0 Å². The van der Waals surface area contributed by atoms with Gasteiger partial charge in [-0.3, -0.25) is 5.01 Å². The molecule has 3 aliphatic rings. The van der Waals surface area contributed by atoms with Crippen molar-refractivity contribution in [2.45, 2.75) is 64.7 Å². The van der Waals surface area contributed by atoms with E-state index in [0.29, 0.717) is 5.75 Å². The maximum atomic E-state index is 10.2. The second kappa shape index (κ2) is 7.38. The summed E-state index contributed by atoms with van der Waals surface area (Å²) < 4.78 is 0. The molecule has 29 heavy (non-hydrogen) atoms. The third kappa shape index (κ3) is 3.38. The summed E-state index contributed by atoms with van der Waals surface area (Å²) in [6, 6.07) is 5.97. The highest BCUT2D eigenvalue weighted by atomic mass is 16.3. The molecule has 0 amide bonds. The molecule has 1 saturated carbocycles. The zero-order valence-corrected chi connectivity index (χ0v) is 17.9. The molecule has 3 aliphatic carbocycles. The number of rotatable bonds is 5. The number of phenols is 1. The zero-order chi connectivity index (χ0) is 20.8. The molecule has 0 radical (unpaired) electrons. The van der Waals surface area contributed by atoms with E-state index in [0.717, 1.165) is 61.0 Å². The van der Waals surface area contributed by atoms with Crippen molar-refractivity contribution < 1.29 is 5.11 Å². The van der Waals surface area contributed by atoms with Crippen molar-refractivity contribution in [3.05, 3.63) is 87.8 Å². The molecule has 3 nitrogen and oxygen atoms in total. The van der Waals surface area contributed by atoms with Crippen molar-refractivity contribution >= 4 is 0 Å². The molecule has 3 N–H and O–H groups in total. The maximum Gasteiger partial charge on any atom is 0.118 e. The normalized spacial score (nSPS) is 20.6. The molecular formula is C26H32N2O. The average molecular weight is 389 g/mol. The third-order valence-corrected chi connectivity index (χ3v) is 6.95. The highest BCUT2D eigenvalue weighted by Gasteiger charge is 2.49. The molecule has 0 aliphatic heterocycles. The van der Waals surface area contributed by atoms with E-state index < -0.39 is 0 Å². The molecule has 0 atom stereocenters. The first-order valence-corrected chi connectivity index (χ1v) is 10.7. The molecule has 152 valence electrons. The van der Waals surface area contributed by atoms with Gasteiger partial charge in [0.15, 0.2) is 0 Å². The molecule has 1 aromatic carbocycles. The Balaban J connectivity index is 1.64. The molecule has 0 aromatic heterocycles. The van der Waals surface area contributed by atoms with Crippen molar-refractivity contribution in [1.82, 2.24) is 5.01 Å². The van der Waals surface area contributed by atoms with E-state index in [1.165, 1.54) is 22.3 Å². The Hall–Kier alpha value is -2.52. The van der Waals surface area contributed by atoms with Crippen molar-refractivity contribution in [3.63, 3.8) is 0 Å². The molecule has 0 saturated heterocycles. The smallest absolute Gasteiger partial charge is 0.118 e. The first-order chi connectivity index (χ1) is 13.8. The Bertz CT molecular complexity index is 986. The number of allylic oxidation sites excluding steroid dienone is 8. The first-order valence-electron chi connectivity index (χ1n) is 10.7. The van der Waals surface area contributed by atoms with Gasteiger partial charge in [-0.25, -0.2) is 5.84 Å². The summed E-state index contributed by atoms with van der Waals surface area (Å²) in [4.78, 5) is 0. The highest BCUT2D eigenvalue weighted by molar-refractivity contribution is 5.52. The van der Waals surface area contributed by atoms with Gasteiger partial charge in [-0.1, -0.05) is 36.9 Å². The first kappa shape index (κ1) is 19.8. The molecule has 0 spiro atoms. The minimum Gasteiger partial charge on any atom is -0.508 e. The van der Waals surface area contributed by atoms with Crippen LogP contribution >= 0.6 is 0 Å². The number of aryl methyl sites for hydroxylation is 1. The summed E-state index contributed by atoms with van der Waals surface area (Å²) in [5.41, 5.74) is 9.41. The molecule has 0 bridgehead atoms. The molecule has 0 heterocycles. The fourth-order valence-electron chi connectivity index (χ4n) is 4.83. The van der Waals surface area contributed by atoms with E-state index in [4.69, 9.17) is 5.84 Å². The Morgan fingerprint density at radius 2 is 1.83 bits per heavy atom. The summed E-state index contributed by atoms with van der Waals surface area (Å²) in [5.74, 6) is 7.02. The van der Waals surface area contributed by atoms with Crippen LogP contribution in [0.2, 0.25) is 0 Å². The van der Waals surface area contributed by atoms with Gasteiger partial charge in [-0.2, -0.15) is 0 Å². The largest absolute Gasteiger partial charge is 0.508 e. The summed E-state index contributed by atoms with van der Waals surface area (Å²) in [6.45, 7) is 10.7. The van der Waals surface area contributed by atoms with Crippen molar-refractivity contribution in [2.75, 3.05) is 0 Å². The minimum absolute atomic E-state index is 0.165. The Kier molecular flexibility index (Phi) is 5.04. The predicted octanol–water partition coefficient (Wildman–Crippen LogP) is 6.08. The van der Waals surface area contributed by atoms with E-state index in [-0.39, 0.29) is 5.41 Å². The lowest BCUT2D eigenvalue weighted by molar-refractivity contribution is 0.408. The van der Waals surface area contributed by atoms with Gasteiger partial charge in [0.25, 0.3) is 0 Å². The van der Waals surface area contributed by atoms with Crippen LogP contribution in [0.3, 0.4) is 0 Å². The molecule has 1 fully saturated rings. The zero-order valence-electron chi connectivity index (χ0n) is 17.9. The van der Waals surface area contributed by atoms with Crippen LogP contribution in [0.1, 0.15) is 63.5 Å².